The second-order valence-electron chi connectivity index (χ2n) is 22.2. The molecular formula is C54H80N14O31S. The van der Waals surface area contributed by atoms with Crippen LogP contribution in [0, 0.1) is 0 Å². The number of carboxylic acids is 3. The summed E-state index contributed by atoms with van der Waals surface area (Å²) < 4.78 is 0. The first-order chi connectivity index (χ1) is 46.9. The average Bonchev–Trinajstić information content (AvgIpc) is 0.829. The van der Waals surface area contributed by atoms with Crippen molar-refractivity contribution < 1.29 is 150 Å². The molecule has 0 saturated carbocycles. The number of nitrogens with two attached hydrogens (primary N) is 1. The van der Waals surface area contributed by atoms with Crippen molar-refractivity contribution >= 4 is 101 Å². The zero-order chi connectivity index (χ0) is 75.7. The van der Waals surface area contributed by atoms with Gasteiger partial charge in [0.15, 0.2) is 11.2 Å². The van der Waals surface area contributed by atoms with Gasteiger partial charge in [-0.2, -0.15) is 17.6 Å². The number of aliphatic hydroxyl groups excluding tert-OH is 16. The van der Waals surface area contributed by atoms with Crippen molar-refractivity contribution in [3.8, 4) is 0 Å². The van der Waals surface area contributed by atoms with Crippen molar-refractivity contribution in [2.24, 2.45) is 0 Å². The van der Waals surface area contributed by atoms with Gasteiger partial charge in [-0.15, -0.1) is 0 Å². The highest BCUT2D eigenvalue weighted by molar-refractivity contribution is 7.80. The number of H-pyrrole nitrogens is 1. The summed E-state index contributed by atoms with van der Waals surface area (Å²) in [5.41, 5.74) is 5.81. The van der Waals surface area contributed by atoms with Crippen LogP contribution >= 0.6 is 12.6 Å². The fourth-order valence-electron chi connectivity index (χ4n) is 8.80. The Hall–Kier alpha value is -9.08. The van der Waals surface area contributed by atoms with Crippen LogP contribution in [-0.2, 0) is 54.5 Å². The number of aliphatic hydroxyl groups is 16. The molecule has 3 rings (SSSR count). The molecule has 0 aliphatic rings. The summed E-state index contributed by atoms with van der Waals surface area (Å²) in [6, 6.07) is -13.6. The van der Waals surface area contributed by atoms with E-state index in [1.54, 1.807) is 31.9 Å². The largest absolute Gasteiger partial charge is 0.481 e. The van der Waals surface area contributed by atoms with E-state index < -0.39 is 244 Å². The fraction of sp³-hybridized carbons (Fsp3) is 0.574. The Balaban J connectivity index is 1.97. The van der Waals surface area contributed by atoms with Crippen LogP contribution in [0.3, 0.4) is 0 Å². The van der Waals surface area contributed by atoms with Gasteiger partial charge in [0.2, 0.25) is 47.3 Å². The number of hydrogen-bond acceptors (Lipinski definition) is 34. The van der Waals surface area contributed by atoms with Crippen LogP contribution in [0.5, 0.6) is 0 Å². The number of carbonyl (C=O) groups excluding carboxylic acids is 8. The first-order valence-corrected chi connectivity index (χ1v) is 30.1. The number of carboxylic acid groups (broad SMARTS) is 3. The smallest absolute Gasteiger partial charge is 0.327 e. The normalized spacial score (nSPS) is 17.5. The number of rotatable bonds is 43. The van der Waals surface area contributed by atoms with E-state index in [1.165, 1.54) is 37.4 Å². The highest BCUT2D eigenvalue weighted by Crippen LogP contribution is 2.17. The van der Waals surface area contributed by atoms with E-state index in [-0.39, 0.29) is 35.6 Å². The minimum atomic E-state index is -3.04. The molecule has 2 heterocycles. The van der Waals surface area contributed by atoms with Gasteiger partial charge in [-0.25, -0.2) is 14.8 Å². The third-order valence-electron chi connectivity index (χ3n) is 14.5. The van der Waals surface area contributed by atoms with Gasteiger partial charge in [0, 0.05) is 29.5 Å². The molecule has 0 unspecified atom stereocenters. The molecule has 46 heteroatoms. The van der Waals surface area contributed by atoms with Crippen LogP contribution in [0.4, 0.5) is 11.6 Å². The quantitative estimate of drug-likeness (QED) is 0.0234. The number of benzene rings is 1. The van der Waals surface area contributed by atoms with E-state index in [2.05, 4.69) is 43.2 Å². The molecule has 100 heavy (non-hydrogen) atoms. The van der Waals surface area contributed by atoms with E-state index >= 15 is 0 Å². The molecule has 2 aromatic heterocycles. The molecule has 0 radical (unpaired) electrons. The van der Waals surface area contributed by atoms with Crippen LogP contribution in [0.2, 0.25) is 0 Å². The third-order valence-corrected chi connectivity index (χ3v) is 14.9. The second-order valence-corrected chi connectivity index (χ2v) is 22.5. The number of aromatic amines is 1. The molecule has 0 aliphatic carbocycles. The highest BCUT2D eigenvalue weighted by atomic mass is 32.1. The van der Waals surface area contributed by atoms with Gasteiger partial charge >= 0.3 is 17.9 Å². The number of anilines is 2. The van der Waals surface area contributed by atoms with Crippen LogP contribution < -0.4 is 59.1 Å². The molecule has 45 nitrogen and oxygen atoms in total. The van der Waals surface area contributed by atoms with Crippen molar-refractivity contribution in [1.82, 2.24) is 62.5 Å². The fourth-order valence-corrected chi connectivity index (χ4v) is 9.05. The number of aliphatic carboxylic acids is 3. The van der Waals surface area contributed by atoms with Crippen LogP contribution in [0.1, 0.15) is 48.7 Å². The summed E-state index contributed by atoms with van der Waals surface area (Å²) >= 11 is 3.74. The minimum absolute atomic E-state index is 0.0168. The maximum absolute atomic E-state index is 14.3. The van der Waals surface area contributed by atoms with E-state index in [0.29, 0.717) is 11.4 Å². The Bertz CT molecular complexity index is 3360. The number of nitrogen functional groups attached to an aromatic ring is 1. The summed E-state index contributed by atoms with van der Waals surface area (Å²) in [5, 5.41) is 213. The summed E-state index contributed by atoms with van der Waals surface area (Å²) in [4.78, 5) is 173. The number of nitrogens with one attached hydrogen (secondary N) is 10. The van der Waals surface area contributed by atoms with Crippen LogP contribution in [-0.4, -0.2) is 336 Å². The molecule has 0 fully saturated rings. The molecule has 0 bridgehead atoms. The predicted octanol–water partition coefficient (Wildman–Crippen LogP) is -15.5. The van der Waals surface area contributed by atoms with Crippen molar-refractivity contribution in [3.05, 3.63) is 52.1 Å². The van der Waals surface area contributed by atoms with Crippen LogP contribution in [0.25, 0.3) is 11.2 Å². The number of thiol groups is 1. The van der Waals surface area contributed by atoms with Gasteiger partial charge in [-0.3, -0.25) is 57.7 Å². The molecule has 558 valence electrons. The number of carbonyl (C=O) groups is 11. The summed E-state index contributed by atoms with van der Waals surface area (Å²) in [7, 11) is 0. The maximum Gasteiger partial charge on any atom is 0.327 e. The summed E-state index contributed by atoms with van der Waals surface area (Å²) in [5.74, 6) is -20.3. The Kier molecular flexibility index (Phi) is 34.3. The Labute approximate surface area is 567 Å². The Morgan fingerprint density at radius 3 is 1.27 bits per heavy atom. The van der Waals surface area contributed by atoms with Gasteiger partial charge < -0.3 is 151 Å². The van der Waals surface area contributed by atoms with Gasteiger partial charge in [0.25, 0.3) is 11.5 Å². The lowest BCUT2D eigenvalue weighted by atomic mass is 9.96. The lowest BCUT2D eigenvalue weighted by Gasteiger charge is -2.34. The Morgan fingerprint density at radius 2 is 0.890 bits per heavy atom. The molecule has 0 aliphatic heterocycles. The van der Waals surface area contributed by atoms with E-state index in [0.717, 1.165) is 0 Å². The number of aromatic nitrogens is 4. The van der Waals surface area contributed by atoms with E-state index in [1.807, 2.05) is 5.32 Å². The average molecular weight is 1450 g/mol. The SMILES string of the molecule is C[C@H](CCC(=O)N[C@H](C(=O)N[C@@H](CC(=O)O)C(=O)N[C@H](C(=O)N[C@H](C(=O)N[C@@H](CC(=O)O)C(=O)N[C@H](C(=O)N[C@H](CS)C(=O)O)[C@H](O)[C@@H](O)[C@@H](O)CO)[C@H](O)[C@@H](O)[C@@H](O)CO)[C@@H](O)[C@H](O)[C@H](O)CO)[C@@H](O)[C@H](O)[C@H](O)CO)NC(=O)c1ccc(NCc2cnc3nc(N)[nH]c(=O)c3n2)cc1. The lowest BCUT2D eigenvalue weighted by molar-refractivity contribution is -0.149. The third kappa shape index (κ3) is 25.0. The maximum atomic E-state index is 14.3. The first kappa shape index (κ1) is 85.1. The molecule has 20 atom stereocenters. The van der Waals surface area contributed by atoms with Crippen molar-refractivity contribution in [2.75, 3.05) is 43.2 Å². The zero-order valence-electron chi connectivity index (χ0n) is 52.3. The van der Waals surface area contributed by atoms with E-state index in [4.69, 9.17) is 5.73 Å². The molecular weight excluding hydrogens is 1370 g/mol. The number of hydrogen-bond donors (Lipinski definition) is 31. The summed E-state index contributed by atoms with van der Waals surface area (Å²) in [6.45, 7) is -4.09. The molecule has 1 aromatic carbocycles. The van der Waals surface area contributed by atoms with Gasteiger partial charge in [-0.05, 0) is 37.6 Å². The van der Waals surface area contributed by atoms with Crippen molar-refractivity contribution in [3.63, 3.8) is 0 Å². The minimum Gasteiger partial charge on any atom is -0.481 e. The van der Waals surface area contributed by atoms with Crippen molar-refractivity contribution in [1.29, 1.82) is 0 Å². The molecule has 8 amide bonds. The van der Waals surface area contributed by atoms with Crippen molar-refractivity contribution in [2.45, 2.75) is 161 Å². The number of nitrogens with zero attached hydrogens (tertiary/aromatic N) is 3. The lowest BCUT2D eigenvalue weighted by Crippen LogP contribution is -2.67. The molecule has 0 saturated heterocycles. The topological polar surface area (TPSA) is 778 Å². The molecule has 0 spiro atoms. The molecule has 3 aromatic rings. The molecule has 31 N–H and O–H groups in total. The zero-order valence-corrected chi connectivity index (χ0v) is 53.2. The monoisotopic (exact) mass is 1450 g/mol. The highest BCUT2D eigenvalue weighted by Gasteiger charge is 2.46. The standard InChI is InChI=1S/C54H80N14O31S/c1-17(58-45(90)18-3-5-19(6-4-18)56-10-20-11-57-44-35(59-20)52(97)68-54(55)67-44)2-7-28(77)63-31(40(86)36(82)24(73)12-69)48(93)60-21(8-29(78)79)47(92)65-34(43(89)39(85)27(76)15-72)51(96)66-33(42(88)38(84)26(75)14-71)49(94)61-22(9-30(80)81)46(91)64-32(41(87)37(83)25(74)13-70)50(95)62-23(16-100)53(98)99/h3-6,11,17,21-27,31-34,36-43,56,69-76,82-89,100H,2,7-10,12-16H2,1H3,(H,58,90)(H,60,93)(H,61,94)(H,62,95)(H,63,77)(H,64,91)(H,65,92)(H,66,96)(H,78,79)(H,80,81)(H,98,99)(H3,55,57,67,68,97)/t17-,21+,22+,23-,24-,25+,26+,27-,31+,32+,33+,34+,36-,37+,38+,39-,40-,41+,42+,43-/m1/s1. The first-order valence-electron chi connectivity index (χ1n) is 29.5. The van der Waals surface area contributed by atoms with Gasteiger partial charge in [-0.1, -0.05) is 0 Å². The number of amides is 8. The van der Waals surface area contributed by atoms with Crippen LogP contribution in [0.15, 0.2) is 35.3 Å². The predicted molar refractivity (Wildman–Crippen MR) is 332 cm³/mol. The van der Waals surface area contributed by atoms with E-state index in [9.17, 15) is 155 Å². The second kappa shape index (κ2) is 40.2. The van der Waals surface area contributed by atoms with Gasteiger partial charge in [0.1, 0.15) is 116 Å². The Morgan fingerprint density at radius 1 is 0.510 bits per heavy atom. The summed E-state index contributed by atoms with van der Waals surface area (Å²) in [6.07, 6.45) is -34.7. The number of fused-ring (bicyclic) bond motifs is 1. The van der Waals surface area contributed by atoms with Gasteiger partial charge in [0.05, 0.1) is 57.7 Å².